The Morgan fingerprint density at radius 2 is 2.00 bits per heavy atom. The maximum Gasteiger partial charge on any atom is 0.270 e. The highest BCUT2D eigenvalue weighted by Crippen LogP contribution is 2.43. The number of rotatable bonds is 4. The van der Waals surface area contributed by atoms with Gasteiger partial charge in [0.15, 0.2) is 11.5 Å². The van der Waals surface area contributed by atoms with E-state index in [1.807, 2.05) is 31.2 Å². The van der Waals surface area contributed by atoms with Crippen LogP contribution in [0.3, 0.4) is 0 Å². The van der Waals surface area contributed by atoms with Gasteiger partial charge in [-0.25, -0.2) is 0 Å². The molecule has 6 heteroatoms. The highest BCUT2D eigenvalue weighted by molar-refractivity contribution is 5.93. The number of nitrogens with one attached hydrogen (secondary N) is 1. The van der Waals surface area contributed by atoms with E-state index in [4.69, 9.17) is 9.47 Å². The lowest BCUT2D eigenvalue weighted by molar-refractivity contribution is 0.0922. The lowest BCUT2D eigenvalue weighted by Crippen LogP contribution is -2.31. The van der Waals surface area contributed by atoms with Gasteiger partial charge in [0.25, 0.3) is 5.91 Å². The molecule has 0 spiro atoms. The number of aryl methyl sites for hydroxylation is 2. The second-order valence-corrected chi connectivity index (χ2v) is 6.49. The highest BCUT2D eigenvalue weighted by Gasteiger charge is 2.34. The van der Waals surface area contributed by atoms with Gasteiger partial charge in [0.05, 0.1) is 11.7 Å². The molecule has 1 aromatic carbocycles. The van der Waals surface area contributed by atoms with Crippen LogP contribution in [0.5, 0.6) is 11.5 Å². The first-order chi connectivity index (χ1) is 11.6. The Labute approximate surface area is 140 Å². The topological polar surface area (TPSA) is 65.4 Å². The van der Waals surface area contributed by atoms with E-state index in [0.717, 1.165) is 35.6 Å². The normalized spacial score (nSPS) is 17.4. The lowest BCUT2D eigenvalue weighted by Gasteiger charge is -2.23. The van der Waals surface area contributed by atoms with Crippen LogP contribution in [-0.2, 0) is 7.05 Å². The molecule has 1 aliphatic heterocycles. The Balaban J connectivity index is 1.59. The van der Waals surface area contributed by atoms with Gasteiger partial charge in [0.1, 0.15) is 18.9 Å². The van der Waals surface area contributed by atoms with Gasteiger partial charge in [-0.15, -0.1) is 0 Å². The minimum absolute atomic E-state index is 0.0106. The standard InChI is InChI=1S/C18H21N3O3/c1-11-9-14(21(2)20-11)18(22)19-17(12-3-4-12)13-5-6-15-16(10-13)24-8-7-23-15/h5-6,9-10,12,17H,3-4,7-8H2,1-2H3,(H,19,22)/t17-/m1/s1. The highest BCUT2D eigenvalue weighted by atomic mass is 16.6. The molecule has 2 aromatic rings. The van der Waals surface area contributed by atoms with Crippen molar-refractivity contribution in [3.05, 3.63) is 41.2 Å². The first-order valence-electron chi connectivity index (χ1n) is 8.33. The van der Waals surface area contributed by atoms with Crippen molar-refractivity contribution in [3.63, 3.8) is 0 Å². The Morgan fingerprint density at radius 1 is 1.25 bits per heavy atom. The van der Waals surface area contributed by atoms with E-state index in [-0.39, 0.29) is 11.9 Å². The monoisotopic (exact) mass is 327 g/mol. The number of aromatic nitrogens is 2. The Kier molecular flexibility index (Phi) is 3.67. The molecule has 1 fully saturated rings. The predicted molar refractivity (Wildman–Crippen MR) is 88.3 cm³/mol. The van der Waals surface area contributed by atoms with Crippen LogP contribution in [0, 0.1) is 12.8 Å². The van der Waals surface area contributed by atoms with Crippen LogP contribution in [-0.4, -0.2) is 28.9 Å². The zero-order valence-electron chi connectivity index (χ0n) is 13.9. The average Bonchev–Trinajstić information content (AvgIpc) is 3.36. The maximum absolute atomic E-state index is 12.7. The fraction of sp³-hybridized carbons (Fsp3) is 0.444. The number of amides is 1. The third kappa shape index (κ3) is 2.84. The van der Waals surface area contributed by atoms with Crippen LogP contribution in [0.15, 0.2) is 24.3 Å². The molecule has 1 atom stereocenters. The van der Waals surface area contributed by atoms with E-state index in [1.165, 1.54) is 0 Å². The minimum atomic E-state index is -0.0927. The third-order valence-corrected chi connectivity index (χ3v) is 4.54. The zero-order valence-corrected chi connectivity index (χ0v) is 13.9. The molecule has 0 unspecified atom stereocenters. The third-order valence-electron chi connectivity index (χ3n) is 4.54. The first kappa shape index (κ1) is 15.1. The van der Waals surface area contributed by atoms with E-state index in [0.29, 0.717) is 24.8 Å². The quantitative estimate of drug-likeness (QED) is 0.936. The molecule has 0 bridgehead atoms. The van der Waals surface area contributed by atoms with Crippen LogP contribution in [0.4, 0.5) is 0 Å². The van der Waals surface area contributed by atoms with E-state index < -0.39 is 0 Å². The second kappa shape index (κ2) is 5.85. The van der Waals surface area contributed by atoms with Crippen molar-refractivity contribution in [2.24, 2.45) is 13.0 Å². The maximum atomic E-state index is 12.7. The fourth-order valence-electron chi connectivity index (χ4n) is 3.19. The minimum Gasteiger partial charge on any atom is -0.486 e. The van der Waals surface area contributed by atoms with Crippen LogP contribution in [0.1, 0.15) is 40.6 Å². The molecule has 0 saturated heterocycles. The number of carbonyl (C=O) groups is 1. The molecular formula is C18H21N3O3. The molecule has 1 aliphatic carbocycles. The average molecular weight is 327 g/mol. The summed E-state index contributed by atoms with van der Waals surface area (Å²) in [7, 11) is 1.79. The summed E-state index contributed by atoms with van der Waals surface area (Å²) in [5.41, 5.74) is 2.48. The van der Waals surface area contributed by atoms with Gasteiger partial charge in [-0.3, -0.25) is 9.48 Å². The molecule has 1 aromatic heterocycles. The van der Waals surface area contributed by atoms with E-state index >= 15 is 0 Å². The molecule has 126 valence electrons. The number of carbonyl (C=O) groups excluding carboxylic acids is 1. The Morgan fingerprint density at radius 3 is 2.67 bits per heavy atom. The summed E-state index contributed by atoms with van der Waals surface area (Å²) in [6, 6.07) is 7.74. The summed E-state index contributed by atoms with van der Waals surface area (Å²) in [5.74, 6) is 1.92. The number of ether oxygens (including phenoxy) is 2. The molecular weight excluding hydrogens is 306 g/mol. The molecule has 1 saturated carbocycles. The molecule has 1 N–H and O–H groups in total. The Bertz CT molecular complexity index is 780. The van der Waals surface area contributed by atoms with Crippen molar-refractivity contribution in [1.82, 2.24) is 15.1 Å². The number of fused-ring (bicyclic) bond motifs is 1. The lowest BCUT2D eigenvalue weighted by atomic mass is 10.0. The molecule has 6 nitrogen and oxygen atoms in total. The Hall–Kier alpha value is -2.50. The van der Waals surface area contributed by atoms with E-state index in [2.05, 4.69) is 10.4 Å². The SMILES string of the molecule is Cc1cc(C(=O)N[C@@H](c2ccc3c(c2)OCCO3)C2CC2)n(C)n1. The van der Waals surface area contributed by atoms with Crippen molar-refractivity contribution in [2.75, 3.05) is 13.2 Å². The molecule has 2 aliphatic rings. The first-order valence-corrected chi connectivity index (χ1v) is 8.33. The molecule has 24 heavy (non-hydrogen) atoms. The van der Waals surface area contributed by atoms with Crippen LogP contribution in [0.25, 0.3) is 0 Å². The largest absolute Gasteiger partial charge is 0.486 e. The molecule has 4 rings (SSSR count). The van der Waals surface area contributed by atoms with Gasteiger partial charge in [0.2, 0.25) is 0 Å². The summed E-state index contributed by atoms with van der Waals surface area (Å²) in [6.07, 6.45) is 2.26. The number of benzene rings is 1. The van der Waals surface area contributed by atoms with Gasteiger partial charge in [0, 0.05) is 7.05 Å². The van der Waals surface area contributed by atoms with E-state index in [1.54, 1.807) is 11.7 Å². The predicted octanol–water partition coefficient (Wildman–Crippen LogP) is 2.38. The van der Waals surface area contributed by atoms with Gasteiger partial charge in [-0.2, -0.15) is 5.10 Å². The molecule has 0 radical (unpaired) electrons. The van der Waals surface area contributed by atoms with E-state index in [9.17, 15) is 4.79 Å². The van der Waals surface area contributed by atoms with Crippen molar-refractivity contribution < 1.29 is 14.3 Å². The number of nitrogens with zero attached hydrogens (tertiary/aromatic N) is 2. The van der Waals surface area contributed by atoms with Crippen LogP contribution >= 0.6 is 0 Å². The van der Waals surface area contributed by atoms with Crippen LogP contribution in [0.2, 0.25) is 0 Å². The van der Waals surface area contributed by atoms with Gasteiger partial charge in [-0.1, -0.05) is 6.07 Å². The van der Waals surface area contributed by atoms with Gasteiger partial charge < -0.3 is 14.8 Å². The molecule has 1 amide bonds. The number of hydrogen-bond acceptors (Lipinski definition) is 4. The summed E-state index contributed by atoms with van der Waals surface area (Å²) in [6.45, 7) is 3.02. The van der Waals surface area contributed by atoms with Crippen molar-refractivity contribution >= 4 is 5.91 Å². The van der Waals surface area contributed by atoms with Gasteiger partial charge in [-0.05, 0) is 49.4 Å². The molecule has 2 heterocycles. The van der Waals surface area contributed by atoms with Crippen molar-refractivity contribution in [1.29, 1.82) is 0 Å². The summed E-state index contributed by atoms with van der Waals surface area (Å²) >= 11 is 0. The summed E-state index contributed by atoms with van der Waals surface area (Å²) in [4.78, 5) is 12.7. The van der Waals surface area contributed by atoms with Crippen molar-refractivity contribution in [2.45, 2.75) is 25.8 Å². The van der Waals surface area contributed by atoms with Gasteiger partial charge >= 0.3 is 0 Å². The fourth-order valence-corrected chi connectivity index (χ4v) is 3.19. The number of hydrogen-bond donors (Lipinski definition) is 1. The van der Waals surface area contributed by atoms with Crippen molar-refractivity contribution in [3.8, 4) is 11.5 Å². The smallest absolute Gasteiger partial charge is 0.270 e. The summed E-state index contributed by atoms with van der Waals surface area (Å²) < 4.78 is 12.9. The second-order valence-electron chi connectivity index (χ2n) is 6.49. The summed E-state index contributed by atoms with van der Waals surface area (Å²) in [5, 5.41) is 7.43. The van der Waals surface area contributed by atoms with Crippen LogP contribution < -0.4 is 14.8 Å². The zero-order chi connectivity index (χ0) is 16.7.